The predicted octanol–water partition coefficient (Wildman–Crippen LogP) is 2.40. The van der Waals surface area contributed by atoms with E-state index < -0.39 is 0 Å². The van der Waals surface area contributed by atoms with Gasteiger partial charge in [-0.15, -0.1) is 0 Å². The maximum Gasteiger partial charge on any atom is 0.187 e. The third-order valence-corrected chi connectivity index (χ3v) is 2.68. The van der Waals surface area contributed by atoms with E-state index in [1.54, 1.807) is 19.5 Å². The lowest BCUT2D eigenvalue weighted by molar-refractivity contribution is 0.274. The van der Waals surface area contributed by atoms with Gasteiger partial charge < -0.3 is 9.47 Å². The fraction of sp³-hybridized carbons (Fsp3) is 0.273. The standard InChI is InChI=1S/C11H12N2O2S/c1-14-8-3-4-9(5-8)15-10-6-12-11(16-2)13-7-10/h3-4,6-7H,5H2,1-2H3. The van der Waals surface area contributed by atoms with Crippen LogP contribution in [0.15, 0.2) is 41.2 Å². The summed E-state index contributed by atoms with van der Waals surface area (Å²) in [5.74, 6) is 2.39. The molecule has 0 saturated carbocycles. The maximum atomic E-state index is 5.60. The van der Waals surface area contributed by atoms with E-state index >= 15 is 0 Å². The van der Waals surface area contributed by atoms with Crippen LogP contribution >= 0.6 is 11.8 Å². The molecule has 0 radical (unpaired) electrons. The highest BCUT2D eigenvalue weighted by Gasteiger charge is 2.10. The third-order valence-electron chi connectivity index (χ3n) is 2.10. The molecule has 0 atom stereocenters. The Bertz CT molecular complexity index is 426. The second-order valence-corrected chi connectivity index (χ2v) is 3.93. The predicted molar refractivity (Wildman–Crippen MR) is 62.2 cm³/mol. The van der Waals surface area contributed by atoms with Gasteiger partial charge in [0.25, 0.3) is 0 Å². The zero-order valence-corrected chi connectivity index (χ0v) is 9.95. The number of hydrogen-bond donors (Lipinski definition) is 0. The monoisotopic (exact) mass is 236 g/mol. The van der Waals surface area contributed by atoms with Gasteiger partial charge in [0.1, 0.15) is 11.5 Å². The molecule has 4 nitrogen and oxygen atoms in total. The summed E-state index contributed by atoms with van der Waals surface area (Å²) in [7, 11) is 1.65. The average Bonchev–Trinajstić information content (AvgIpc) is 2.78. The largest absolute Gasteiger partial charge is 0.501 e. The second kappa shape index (κ2) is 5.03. The molecular formula is C11H12N2O2S. The van der Waals surface area contributed by atoms with Crippen LogP contribution in [0.3, 0.4) is 0 Å². The van der Waals surface area contributed by atoms with Crippen molar-refractivity contribution < 1.29 is 9.47 Å². The van der Waals surface area contributed by atoms with Crippen LogP contribution in [0.2, 0.25) is 0 Å². The van der Waals surface area contributed by atoms with Crippen LogP contribution in [0, 0.1) is 0 Å². The number of nitrogens with zero attached hydrogens (tertiary/aromatic N) is 2. The lowest BCUT2D eigenvalue weighted by Crippen LogP contribution is -1.96. The molecule has 1 heterocycles. The molecule has 0 N–H and O–H groups in total. The SMILES string of the molecule is COC1=CC=C(Oc2cnc(SC)nc2)C1. The summed E-state index contributed by atoms with van der Waals surface area (Å²) in [6, 6.07) is 0. The van der Waals surface area contributed by atoms with E-state index in [-0.39, 0.29) is 0 Å². The second-order valence-electron chi connectivity index (χ2n) is 3.15. The number of methoxy groups -OCH3 is 1. The smallest absolute Gasteiger partial charge is 0.187 e. The molecule has 0 bridgehead atoms. The highest BCUT2D eigenvalue weighted by molar-refractivity contribution is 7.98. The van der Waals surface area contributed by atoms with Gasteiger partial charge in [-0.25, -0.2) is 9.97 Å². The van der Waals surface area contributed by atoms with Crippen LogP contribution in [0.25, 0.3) is 0 Å². The Morgan fingerprint density at radius 2 is 1.88 bits per heavy atom. The van der Waals surface area contributed by atoms with Crippen LogP contribution in [0.1, 0.15) is 6.42 Å². The average molecular weight is 236 g/mol. The van der Waals surface area contributed by atoms with Gasteiger partial charge in [0.15, 0.2) is 10.9 Å². The molecule has 1 aliphatic carbocycles. The summed E-state index contributed by atoms with van der Waals surface area (Å²) in [6.45, 7) is 0. The van der Waals surface area contributed by atoms with Gasteiger partial charge in [0.05, 0.1) is 25.9 Å². The molecule has 0 fully saturated rings. The Kier molecular flexibility index (Phi) is 3.46. The molecule has 0 spiro atoms. The van der Waals surface area contributed by atoms with Crippen molar-refractivity contribution in [1.82, 2.24) is 9.97 Å². The van der Waals surface area contributed by atoms with E-state index in [9.17, 15) is 0 Å². The molecule has 1 aromatic rings. The summed E-state index contributed by atoms with van der Waals surface area (Å²) in [5.41, 5.74) is 0. The zero-order valence-electron chi connectivity index (χ0n) is 9.14. The van der Waals surface area contributed by atoms with Gasteiger partial charge >= 0.3 is 0 Å². The first-order valence-corrected chi connectivity index (χ1v) is 6.02. The Morgan fingerprint density at radius 3 is 2.44 bits per heavy atom. The maximum absolute atomic E-state index is 5.60. The van der Waals surface area contributed by atoms with E-state index in [0.717, 1.165) is 16.7 Å². The molecule has 0 aliphatic heterocycles. The van der Waals surface area contributed by atoms with Crippen LogP contribution < -0.4 is 4.74 Å². The minimum Gasteiger partial charge on any atom is -0.501 e. The summed E-state index contributed by atoms with van der Waals surface area (Å²) in [4.78, 5) is 8.26. The van der Waals surface area contributed by atoms with E-state index in [0.29, 0.717) is 12.2 Å². The first-order valence-electron chi connectivity index (χ1n) is 4.79. The molecule has 1 aliphatic rings. The van der Waals surface area contributed by atoms with Crippen molar-refractivity contribution in [2.45, 2.75) is 11.6 Å². The summed E-state index contributed by atoms with van der Waals surface area (Å²) >= 11 is 1.50. The first-order chi connectivity index (χ1) is 7.81. The minimum absolute atomic E-state index is 0.648. The van der Waals surface area contributed by atoms with Crippen LogP contribution in [-0.4, -0.2) is 23.3 Å². The van der Waals surface area contributed by atoms with Crippen molar-refractivity contribution in [1.29, 1.82) is 0 Å². The number of hydrogen-bond acceptors (Lipinski definition) is 5. The van der Waals surface area contributed by atoms with Crippen LogP contribution in [0.4, 0.5) is 0 Å². The lowest BCUT2D eigenvalue weighted by Gasteiger charge is -2.06. The fourth-order valence-corrected chi connectivity index (χ4v) is 1.62. The number of ether oxygens (including phenoxy) is 2. The molecule has 1 aromatic heterocycles. The lowest BCUT2D eigenvalue weighted by atomic mass is 10.4. The van der Waals surface area contributed by atoms with Gasteiger partial charge in [-0.2, -0.15) is 0 Å². The molecule has 0 saturated heterocycles. The van der Waals surface area contributed by atoms with Gasteiger partial charge in [0, 0.05) is 0 Å². The summed E-state index contributed by atoms with van der Waals surface area (Å²) in [5, 5.41) is 0.739. The Morgan fingerprint density at radius 1 is 1.19 bits per heavy atom. The van der Waals surface area contributed by atoms with Gasteiger partial charge in [-0.1, -0.05) is 11.8 Å². The van der Waals surface area contributed by atoms with Crippen molar-refractivity contribution in [3.8, 4) is 5.75 Å². The molecule has 0 unspecified atom stereocenters. The number of rotatable bonds is 4. The van der Waals surface area contributed by atoms with Crippen molar-refractivity contribution in [2.24, 2.45) is 0 Å². The highest BCUT2D eigenvalue weighted by atomic mass is 32.2. The molecule has 16 heavy (non-hydrogen) atoms. The van der Waals surface area contributed by atoms with Gasteiger partial charge in [-0.3, -0.25) is 0 Å². The normalized spacial score (nSPS) is 14.4. The van der Waals surface area contributed by atoms with E-state index in [1.807, 2.05) is 18.4 Å². The summed E-state index contributed by atoms with van der Waals surface area (Å²) < 4.78 is 10.7. The van der Waals surface area contributed by atoms with Crippen molar-refractivity contribution >= 4 is 11.8 Å². The molecule has 5 heteroatoms. The number of aromatic nitrogens is 2. The van der Waals surface area contributed by atoms with Crippen molar-refractivity contribution in [3.63, 3.8) is 0 Å². The van der Waals surface area contributed by atoms with Crippen molar-refractivity contribution in [3.05, 3.63) is 36.1 Å². The summed E-state index contributed by atoms with van der Waals surface area (Å²) in [6.07, 6.45) is 9.74. The molecule has 0 amide bonds. The third kappa shape index (κ3) is 2.55. The van der Waals surface area contributed by atoms with E-state index in [2.05, 4.69) is 9.97 Å². The van der Waals surface area contributed by atoms with Crippen LogP contribution in [-0.2, 0) is 4.74 Å². The minimum atomic E-state index is 0.648. The fourth-order valence-electron chi connectivity index (χ4n) is 1.30. The Hall–Kier alpha value is -1.49. The van der Waals surface area contributed by atoms with Gasteiger partial charge in [0.2, 0.25) is 0 Å². The molecular weight excluding hydrogens is 224 g/mol. The molecule has 84 valence electrons. The topological polar surface area (TPSA) is 44.2 Å². The number of allylic oxidation sites excluding steroid dienone is 2. The molecule has 0 aromatic carbocycles. The van der Waals surface area contributed by atoms with Crippen molar-refractivity contribution in [2.75, 3.05) is 13.4 Å². The van der Waals surface area contributed by atoms with Crippen LogP contribution in [0.5, 0.6) is 5.75 Å². The highest BCUT2D eigenvalue weighted by Crippen LogP contribution is 2.23. The van der Waals surface area contributed by atoms with Gasteiger partial charge in [-0.05, 0) is 18.4 Å². The zero-order chi connectivity index (χ0) is 11.4. The first kappa shape index (κ1) is 11.0. The quantitative estimate of drug-likeness (QED) is 0.593. The molecule has 2 rings (SSSR count). The number of thioether (sulfide) groups is 1. The van der Waals surface area contributed by atoms with E-state index in [4.69, 9.17) is 9.47 Å². The van der Waals surface area contributed by atoms with E-state index in [1.165, 1.54) is 11.8 Å². The Balaban J connectivity index is 1.96. The Labute approximate surface area is 98.4 Å².